The lowest BCUT2D eigenvalue weighted by Crippen LogP contribution is -2.55. The molecular weight excluding hydrogens is 476 g/mol. The van der Waals surface area contributed by atoms with Crippen LogP contribution in [0.15, 0.2) is 42.5 Å². The van der Waals surface area contributed by atoms with E-state index in [0.29, 0.717) is 24.2 Å². The number of nitrogens with zero attached hydrogens (tertiary/aromatic N) is 1. The van der Waals surface area contributed by atoms with Crippen molar-refractivity contribution in [1.82, 2.24) is 9.62 Å². The molecule has 2 heterocycles. The molecule has 6 nitrogen and oxygen atoms in total. The summed E-state index contributed by atoms with van der Waals surface area (Å²) in [5.41, 5.74) is 0.820. The number of nitrogens with one attached hydrogen (secondary N) is 1. The van der Waals surface area contributed by atoms with Crippen molar-refractivity contribution in [3.63, 3.8) is 0 Å². The Morgan fingerprint density at radius 1 is 1.26 bits per heavy atom. The lowest BCUT2D eigenvalue weighted by molar-refractivity contribution is -0.158. The highest BCUT2D eigenvalue weighted by Crippen LogP contribution is 2.37. The smallest absolute Gasteiger partial charge is 0.288 e. The quantitative estimate of drug-likeness (QED) is 0.448. The van der Waals surface area contributed by atoms with E-state index in [1.54, 1.807) is 18.2 Å². The molecule has 4 rings (SSSR count). The zero-order valence-corrected chi connectivity index (χ0v) is 19.2. The number of benzene rings is 2. The SMILES string of the molecule is CC[S+](=O)(O)N[C@@H]1[C@H](Cc2cccc(-c3cc(F)ccc3F)c2)N(C(=O)C2CCO2)CC1(F)F. The molecule has 1 amide bonds. The Labute approximate surface area is 195 Å². The second kappa shape index (κ2) is 9.37. The predicted molar refractivity (Wildman–Crippen MR) is 118 cm³/mol. The van der Waals surface area contributed by atoms with Gasteiger partial charge in [-0.15, -0.1) is 0 Å². The number of rotatable bonds is 7. The molecular formula is C23H25F4N2O4S+. The van der Waals surface area contributed by atoms with Crippen molar-refractivity contribution in [2.45, 2.75) is 43.9 Å². The number of hydrogen-bond acceptors (Lipinski definition) is 3. The summed E-state index contributed by atoms with van der Waals surface area (Å²) in [4.78, 5) is 13.9. The fraction of sp³-hybridized carbons (Fsp3) is 0.435. The van der Waals surface area contributed by atoms with Gasteiger partial charge in [0.15, 0.2) is 5.75 Å². The predicted octanol–water partition coefficient (Wildman–Crippen LogP) is 3.67. The van der Waals surface area contributed by atoms with Crippen LogP contribution in [0, 0.1) is 11.6 Å². The van der Waals surface area contributed by atoms with Gasteiger partial charge < -0.3 is 9.64 Å². The molecule has 0 aromatic heterocycles. The summed E-state index contributed by atoms with van der Waals surface area (Å²) >= 11 is 0. The van der Waals surface area contributed by atoms with E-state index in [4.69, 9.17) is 4.74 Å². The van der Waals surface area contributed by atoms with Crippen molar-refractivity contribution < 1.29 is 35.9 Å². The van der Waals surface area contributed by atoms with Gasteiger partial charge in [-0.05, 0) is 46.9 Å². The van der Waals surface area contributed by atoms with Gasteiger partial charge >= 0.3 is 0 Å². The third-order valence-corrected chi connectivity index (χ3v) is 7.60. The van der Waals surface area contributed by atoms with E-state index < -0.39 is 58.6 Å². The van der Waals surface area contributed by atoms with Gasteiger partial charge in [0.1, 0.15) is 23.8 Å². The molecule has 11 heteroatoms. The third kappa shape index (κ3) is 5.02. The summed E-state index contributed by atoms with van der Waals surface area (Å²) < 4.78 is 87.7. The van der Waals surface area contributed by atoms with Crippen LogP contribution in [0.5, 0.6) is 0 Å². The average Bonchev–Trinajstić information content (AvgIpc) is 2.98. The van der Waals surface area contributed by atoms with Crippen LogP contribution in [0.3, 0.4) is 0 Å². The number of carbonyl (C=O) groups is 1. The summed E-state index contributed by atoms with van der Waals surface area (Å²) in [5.74, 6) is -5.64. The minimum atomic E-state index is -3.76. The third-order valence-electron chi connectivity index (χ3n) is 6.19. The highest BCUT2D eigenvalue weighted by Gasteiger charge is 2.59. The Morgan fingerprint density at radius 3 is 2.65 bits per heavy atom. The summed E-state index contributed by atoms with van der Waals surface area (Å²) in [5, 5.41) is 0. The van der Waals surface area contributed by atoms with Gasteiger partial charge in [-0.3, -0.25) is 4.79 Å². The zero-order valence-electron chi connectivity index (χ0n) is 18.3. The van der Waals surface area contributed by atoms with E-state index in [-0.39, 0.29) is 17.7 Å². The Hall–Kier alpha value is -2.34. The minimum absolute atomic E-state index is 0.00781. The normalized spacial score (nSPS) is 25.6. The number of halogens is 4. The Bertz CT molecular complexity index is 1130. The highest BCUT2D eigenvalue weighted by molar-refractivity contribution is 7.95. The van der Waals surface area contributed by atoms with E-state index in [0.717, 1.165) is 23.1 Å². The van der Waals surface area contributed by atoms with Crippen molar-refractivity contribution >= 4 is 16.3 Å². The number of carbonyl (C=O) groups excluding carboxylic acids is 1. The van der Waals surface area contributed by atoms with Crippen molar-refractivity contribution in [2.24, 2.45) is 0 Å². The zero-order chi connectivity index (χ0) is 24.7. The fourth-order valence-corrected chi connectivity index (χ4v) is 5.15. The van der Waals surface area contributed by atoms with Gasteiger partial charge in [0.05, 0.1) is 19.2 Å². The first-order chi connectivity index (χ1) is 16.0. The monoisotopic (exact) mass is 501 g/mol. The second-order valence-electron chi connectivity index (χ2n) is 8.50. The van der Waals surface area contributed by atoms with Crippen LogP contribution >= 0.6 is 0 Å². The number of likely N-dealkylation sites (tertiary alicyclic amines) is 1. The van der Waals surface area contributed by atoms with Crippen LogP contribution in [0.2, 0.25) is 0 Å². The van der Waals surface area contributed by atoms with Gasteiger partial charge in [-0.2, -0.15) is 4.55 Å². The highest BCUT2D eigenvalue weighted by atomic mass is 32.3. The van der Waals surface area contributed by atoms with E-state index in [1.807, 2.05) is 0 Å². The molecule has 34 heavy (non-hydrogen) atoms. The minimum Gasteiger partial charge on any atom is -0.368 e. The van der Waals surface area contributed by atoms with E-state index in [9.17, 15) is 22.3 Å². The molecule has 2 unspecified atom stereocenters. The molecule has 2 aliphatic rings. The van der Waals surface area contributed by atoms with Gasteiger partial charge in [0.2, 0.25) is 0 Å². The van der Waals surface area contributed by atoms with Crippen molar-refractivity contribution in [1.29, 1.82) is 0 Å². The molecule has 0 spiro atoms. The van der Waals surface area contributed by atoms with E-state index >= 15 is 8.78 Å². The van der Waals surface area contributed by atoms with Crippen LogP contribution in [-0.4, -0.2) is 58.4 Å². The van der Waals surface area contributed by atoms with Gasteiger partial charge in [-0.1, -0.05) is 29.0 Å². The first kappa shape index (κ1) is 24.8. The summed E-state index contributed by atoms with van der Waals surface area (Å²) in [7, 11) is -3.76. The first-order valence-electron chi connectivity index (χ1n) is 10.9. The lowest BCUT2D eigenvalue weighted by Gasteiger charge is -2.33. The lowest BCUT2D eigenvalue weighted by atomic mass is 9.95. The average molecular weight is 502 g/mol. The number of hydrogen-bond donors (Lipinski definition) is 2. The first-order valence-corrected chi connectivity index (χ1v) is 12.5. The van der Waals surface area contributed by atoms with Crippen LogP contribution in [0.1, 0.15) is 18.9 Å². The van der Waals surface area contributed by atoms with Crippen LogP contribution in [-0.2, 0) is 30.6 Å². The molecule has 2 aromatic carbocycles. The molecule has 2 saturated heterocycles. The summed E-state index contributed by atoms with van der Waals surface area (Å²) in [6.45, 7) is 0.819. The van der Waals surface area contributed by atoms with E-state index in [2.05, 4.69) is 4.72 Å². The molecule has 2 fully saturated rings. The maximum absolute atomic E-state index is 15.0. The van der Waals surface area contributed by atoms with Crippen molar-refractivity contribution in [3.05, 3.63) is 59.7 Å². The molecule has 2 aromatic rings. The molecule has 0 aliphatic carbocycles. The van der Waals surface area contributed by atoms with Crippen LogP contribution in [0.25, 0.3) is 11.1 Å². The van der Waals surface area contributed by atoms with Crippen molar-refractivity contribution in [3.8, 4) is 11.1 Å². The standard InChI is InChI=1S/C23H24F4N2O4S/c1-2-34(31,32)28-21-19(29(13-23(21,26)27)22(30)20-8-9-33-20)11-14-4-3-5-15(10-14)17-12-16(24)6-7-18(17)25/h3-7,10,12,19-21H,2,8-9,11,13H2,1H3,(H-,28,31,32)/p+1/t19-,20?,21+/m0/s1. The number of amides is 1. The second-order valence-corrected chi connectivity index (χ2v) is 10.6. The number of alkyl halides is 2. The number of ether oxygens (including phenoxy) is 1. The summed E-state index contributed by atoms with van der Waals surface area (Å²) in [6, 6.07) is 6.35. The largest absolute Gasteiger partial charge is 0.368 e. The maximum Gasteiger partial charge on any atom is 0.288 e. The van der Waals surface area contributed by atoms with Crippen molar-refractivity contribution in [2.75, 3.05) is 18.9 Å². The molecule has 0 radical (unpaired) electrons. The molecule has 0 saturated carbocycles. The molecule has 2 aliphatic heterocycles. The molecule has 2 N–H and O–H groups in total. The van der Waals surface area contributed by atoms with Gasteiger partial charge in [0, 0.05) is 12.0 Å². The fourth-order valence-electron chi connectivity index (χ4n) is 4.26. The van der Waals surface area contributed by atoms with Crippen LogP contribution < -0.4 is 4.72 Å². The molecule has 0 bridgehead atoms. The topological polar surface area (TPSA) is 78.9 Å². The Kier molecular flexibility index (Phi) is 6.83. The molecule has 4 atom stereocenters. The van der Waals surface area contributed by atoms with Gasteiger partial charge in [-0.25, -0.2) is 17.6 Å². The Morgan fingerprint density at radius 2 is 2.00 bits per heavy atom. The van der Waals surface area contributed by atoms with E-state index in [1.165, 1.54) is 13.0 Å². The Balaban J connectivity index is 1.68. The van der Waals surface area contributed by atoms with Crippen LogP contribution in [0.4, 0.5) is 17.6 Å². The molecule has 184 valence electrons. The summed E-state index contributed by atoms with van der Waals surface area (Å²) in [6.07, 6.45) is -0.518. The van der Waals surface area contributed by atoms with Gasteiger partial charge in [0.25, 0.3) is 22.2 Å². The maximum atomic E-state index is 15.0.